The van der Waals surface area contributed by atoms with Crippen LogP contribution in [0.25, 0.3) is 11.4 Å². The maximum absolute atomic E-state index is 12.1. The molecule has 0 aromatic carbocycles. The Hall–Kier alpha value is -1.77. The van der Waals surface area contributed by atoms with Gasteiger partial charge in [0, 0.05) is 39.6 Å². The summed E-state index contributed by atoms with van der Waals surface area (Å²) in [6, 6.07) is 5.89. The summed E-state index contributed by atoms with van der Waals surface area (Å²) in [5, 5.41) is 6.81. The predicted molar refractivity (Wildman–Crippen MR) is 87.8 cm³/mol. The van der Waals surface area contributed by atoms with Crippen molar-refractivity contribution in [3.63, 3.8) is 0 Å². The molecule has 0 aliphatic carbocycles. The number of hydrogen-bond acceptors (Lipinski definition) is 4. The molecule has 3 rings (SSSR count). The van der Waals surface area contributed by atoms with Gasteiger partial charge in [0.1, 0.15) is 0 Å². The van der Waals surface area contributed by atoms with Gasteiger partial charge in [-0.05, 0) is 36.5 Å². The third-order valence-electron chi connectivity index (χ3n) is 4.16. The summed E-state index contributed by atoms with van der Waals surface area (Å²) in [5.41, 5.74) is 2.87. The Morgan fingerprint density at radius 3 is 2.78 bits per heavy atom. The van der Waals surface area contributed by atoms with Gasteiger partial charge in [-0.15, -0.1) is 0 Å². The predicted octanol–water partition coefficient (Wildman–Crippen LogP) is 1.14. The first-order valence-corrected chi connectivity index (χ1v) is 8.99. The summed E-state index contributed by atoms with van der Waals surface area (Å²) in [6.07, 6.45) is 5.29. The van der Waals surface area contributed by atoms with Gasteiger partial charge in [-0.1, -0.05) is 6.07 Å². The van der Waals surface area contributed by atoms with Crippen LogP contribution in [0.3, 0.4) is 0 Å². The zero-order valence-electron chi connectivity index (χ0n) is 13.3. The summed E-state index contributed by atoms with van der Waals surface area (Å²) in [6.45, 7) is 1.16. The van der Waals surface area contributed by atoms with Gasteiger partial charge < -0.3 is 0 Å². The van der Waals surface area contributed by atoms with Crippen LogP contribution in [0.4, 0.5) is 0 Å². The number of hydrogen-bond donors (Lipinski definition) is 1. The minimum absolute atomic E-state index is 0.338. The van der Waals surface area contributed by atoms with E-state index in [0.717, 1.165) is 29.8 Å². The molecule has 1 atom stereocenters. The van der Waals surface area contributed by atoms with Crippen molar-refractivity contribution in [2.75, 3.05) is 27.2 Å². The van der Waals surface area contributed by atoms with Crippen LogP contribution in [-0.2, 0) is 16.6 Å². The summed E-state index contributed by atoms with van der Waals surface area (Å²) in [5.74, 6) is 0.338. The maximum Gasteiger partial charge on any atom is 0.281 e. The van der Waals surface area contributed by atoms with Crippen LogP contribution < -0.4 is 0 Å². The van der Waals surface area contributed by atoms with Crippen molar-refractivity contribution in [2.24, 2.45) is 5.92 Å². The summed E-state index contributed by atoms with van der Waals surface area (Å²) < 4.78 is 27.1. The number of H-pyrrole nitrogens is 1. The molecule has 0 unspecified atom stereocenters. The Morgan fingerprint density at radius 2 is 2.17 bits per heavy atom. The normalized spacial score (nSPS) is 19.5. The molecular weight excluding hydrogens is 314 g/mol. The second-order valence-corrected chi connectivity index (χ2v) is 8.17. The van der Waals surface area contributed by atoms with Gasteiger partial charge in [-0.25, -0.2) is 0 Å². The van der Waals surface area contributed by atoms with Crippen molar-refractivity contribution >= 4 is 10.2 Å². The Bertz CT molecular complexity index is 741. The van der Waals surface area contributed by atoms with E-state index in [-0.39, 0.29) is 0 Å². The van der Waals surface area contributed by atoms with Gasteiger partial charge >= 0.3 is 0 Å². The standard InChI is InChI=1S/C15H21N5O2S/c1-19(2)23(21,22)20-8-6-13(11-20)9-12-3-4-14(16-10-12)15-5-7-17-18-15/h3-5,7,10,13H,6,8-9,11H2,1-2H3,(H,17,18)/t13-/m0/s1. The van der Waals surface area contributed by atoms with Crippen LogP contribution in [0.2, 0.25) is 0 Å². The second-order valence-electron chi connectivity index (χ2n) is 6.03. The highest BCUT2D eigenvalue weighted by Gasteiger charge is 2.32. The first-order valence-electron chi connectivity index (χ1n) is 7.59. The highest BCUT2D eigenvalue weighted by Crippen LogP contribution is 2.24. The maximum atomic E-state index is 12.1. The van der Waals surface area contributed by atoms with Crippen LogP contribution >= 0.6 is 0 Å². The lowest BCUT2D eigenvalue weighted by Crippen LogP contribution is -2.38. The van der Waals surface area contributed by atoms with E-state index in [1.807, 2.05) is 24.4 Å². The Kier molecular flexibility index (Phi) is 4.47. The Labute approximate surface area is 136 Å². The highest BCUT2D eigenvalue weighted by atomic mass is 32.2. The van der Waals surface area contributed by atoms with E-state index in [9.17, 15) is 8.42 Å². The monoisotopic (exact) mass is 335 g/mol. The van der Waals surface area contributed by atoms with E-state index in [4.69, 9.17) is 0 Å². The van der Waals surface area contributed by atoms with Gasteiger partial charge in [0.05, 0.1) is 11.4 Å². The average molecular weight is 335 g/mol. The first kappa shape index (κ1) is 16.1. The third kappa shape index (κ3) is 3.44. The Morgan fingerprint density at radius 1 is 1.35 bits per heavy atom. The Balaban J connectivity index is 1.63. The molecule has 0 spiro atoms. The van der Waals surface area contributed by atoms with Crippen LogP contribution in [0, 0.1) is 5.92 Å². The molecule has 0 amide bonds. The van der Waals surface area contributed by atoms with Crippen molar-refractivity contribution in [2.45, 2.75) is 12.8 Å². The van der Waals surface area contributed by atoms with E-state index < -0.39 is 10.2 Å². The summed E-state index contributed by atoms with van der Waals surface area (Å²) >= 11 is 0. The molecule has 0 saturated carbocycles. The van der Waals surface area contributed by atoms with E-state index in [2.05, 4.69) is 15.2 Å². The van der Waals surface area contributed by atoms with Gasteiger partial charge in [-0.3, -0.25) is 10.1 Å². The smallest absolute Gasteiger partial charge is 0.276 e. The SMILES string of the molecule is CN(C)S(=O)(=O)N1CC[C@@H](Cc2ccc(-c3ccn[nH]3)nc2)C1. The third-order valence-corrected chi connectivity index (χ3v) is 6.07. The molecule has 1 fully saturated rings. The van der Waals surface area contributed by atoms with Crippen molar-refractivity contribution < 1.29 is 8.42 Å². The molecule has 0 radical (unpaired) electrons. The van der Waals surface area contributed by atoms with Gasteiger partial charge in [-0.2, -0.15) is 22.1 Å². The summed E-state index contributed by atoms with van der Waals surface area (Å²) in [4.78, 5) is 4.45. The van der Waals surface area contributed by atoms with Crippen LogP contribution in [0.5, 0.6) is 0 Å². The minimum atomic E-state index is -3.30. The molecule has 0 bridgehead atoms. The van der Waals surface area contributed by atoms with E-state index >= 15 is 0 Å². The molecule has 2 aromatic rings. The molecule has 2 aromatic heterocycles. The molecule has 23 heavy (non-hydrogen) atoms. The topological polar surface area (TPSA) is 82.2 Å². The van der Waals surface area contributed by atoms with Gasteiger partial charge in [0.15, 0.2) is 0 Å². The number of nitrogens with zero attached hydrogens (tertiary/aromatic N) is 4. The number of aromatic nitrogens is 3. The molecule has 124 valence electrons. The zero-order valence-corrected chi connectivity index (χ0v) is 14.1. The van der Waals surface area contributed by atoms with Crippen LogP contribution in [0.15, 0.2) is 30.6 Å². The molecule has 3 heterocycles. The lowest BCUT2D eigenvalue weighted by atomic mass is 10.00. The van der Waals surface area contributed by atoms with Crippen LogP contribution in [-0.4, -0.2) is 59.4 Å². The fraction of sp³-hybridized carbons (Fsp3) is 0.467. The number of nitrogens with one attached hydrogen (secondary N) is 1. The van der Waals surface area contributed by atoms with E-state index in [1.54, 1.807) is 24.6 Å². The highest BCUT2D eigenvalue weighted by molar-refractivity contribution is 7.86. The quantitative estimate of drug-likeness (QED) is 0.888. The lowest BCUT2D eigenvalue weighted by Gasteiger charge is -2.20. The number of rotatable bonds is 5. The van der Waals surface area contributed by atoms with E-state index in [0.29, 0.717) is 19.0 Å². The van der Waals surface area contributed by atoms with Gasteiger partial charge in [0.2, 0.25) is 0 Å². The number of aromatic amines is 1. The fourth-order valence-electron chi connectivity index (χ4n) is 2.84. The molecule has 1 aliphatic rings. The molecule has 7 nitrogen and oxygen atoms in total. The zero-order chi connectivity index (χ0) is 16.4. The van der Waals surface area contributed by atoms with Crippen molar-refractivity contribution in [1.29, 1.82) is 0 Å². The molecule has 8 heteroatoms. The largest absolute Gasteiger partial charge is 0.281 e. The molecule has 1 N–H and O–H groups in total. The van der Waals surface area contributed by atoms with E-state index in [1.165, 1.54) is 4.31 Å². The van der Waals surface area contributed by atoms with Crippen molar-refractivity contribution in [3.05, 3.63) is 36.2 Å². The van der Waals surface area contributed by atoms with Crippen LogP contribution in [0.1, 0.15) is 12.0 Å². The number of pyridine rings is 1. The van der Waals surface area contributed by atoms with Crippen molar-refractivity contribution in [1.82, 2.24) is 23.8 Å². The molecular formula is C15H21N5O2S. The van der Waals surface area contributed by atoms with Gasteiger partial charge in [0.25, 0.3) is 10.2 Å². The molecule has 1 saturated heterocycles. The second kappa shape index (κ2) is 6.38. The fourth-order valence-corrected chi connectivity index (χ4v) is 4.04. The first-order chi connectivity index (χ1) is 11.0. The average Bonchev–Trinajstić information content (AvgIpc) is 3.19. The molecule has 1 aliphatic heterocycles. The minimum Gasteiger partial charge on any atom is -0.276 e. The lowest BCUT2D eigenvalue weighted by molar-refractivity contribution is 0.409. The summed E-state index contributed by atoms with van der Waals surface area (Å²) in [7, 11) is -0.158. The van der Waals surface area contributed by atoms with Crippen molar-refractivity contribution in [3.8, 4) is 11.4 Å².